The number of carbonyl (C=O) groups is 2. The third-order valence-electron chi connectivity index (χ3n) is 2.58. The van der Waals surface area contributed by atoms with Crippen LogP contribution in [-0.2, 0) is 9.59 Å². The maximum atomic E-state index is 10.6. The van der Waals surface area contributed by atoms with E-state index in [2.05, 4.69) is 0 Å². The van der Waals surface area contributed by atoms with Crippen LogP contribution < -0.4 is 0 Å². The quantitative estimate of drug-likeness (QED) is 0.652. The molecule has 0 spiro atoms. The van der Waals surface area contributed by atoms with Crippen molar-refractivity contribution in [3.05, 3.63) is 0 Å². The first-order chi connectivity index (χ1) is 5.74. The number of carboxylic acid groups (broad SMARTS) is 1. The minimum Gasteiger partial charge on any atom is -0.481 e. The van der Waals surface area contributed by atoms with Crippen LogP contribution in [0.25, 0.3) is 0 Å². The van der Waals surface area contributed by atoms with Crippen LogP contribution in [0.4, 0.5) is 0 Å². The van der Waals surface area contributed by atoms with Crippen molar-refractivity contribution in [1.29, 1.82) is 0 Å². The highest BCUT2D eigenvalue weighted by Crippen LogP contribution is 2.30. The van der Waals surface area contributed by atoms with Gasteiger partial charge in [0.05, 0.1) is 0 Å². The van der Waals surface area contributed by atoms with Crippen molar-refractivity contribution in [3.63, 3.8) is 0 Å². The van der Waals surface area contributed by atoms with E-state index in [1.807, 2.05) is 0 Å². The minimum absolute atomic E-state index is 0.00477. The van der Waals surface area contributed by atoms with Crippen molar-refractivity contribution in [1.82, 2.24) is 0 Å². The van der Waals surface area contributed by atoms with Gasteiger partial charge in [0.2, 0.25) is 0 Å². The Balaban J connectivity index is 2.46. The summed E-state index contributed by atoms with van der Waals surface area (Å²) in [6.07, 6.45) is 5.00. The molecule has 2 atom stereocenters. The third-order valence-corrected chi connectivity index (χ3v) is 2.58. The zero-order valence-electron chi connectivity index (χ0n) is 7.03. The van der Waals surface area contributed by atoms with E-state index in [0.717, 1.165) is 32.0 Å². The fraction of sp³-hybridized carbons (Fsp3) is 0.778. The summed E-state index contributed by atoms with van der Waals surface area (Å²) >= 11 is 0. The molecule has 1 saturated carbocycles. The number of aliphatic carboxylic acids is 1. The Morgan fingerprint density at radius 3 is 2.67 bits per heavy atom. The maximum Gasteiger partial charge on any atom is 0.303 e. The van der Waals surface area contributed by atoms with Crippen molar-refractivity contribution < 1.29 is 14.7 Å². The summed E-state index contributed by atoms with van der Waals surface area (Å²) in [6, 6.07) is 0. The van der Waals surface area contributed by atoms with E-state index >= 15 is 0 Å². The van der Waals surface area contributed by atoms with Crippen LogP contribution in [0.15, 0.2) is 0 Å². The molecule has 0 radical (unpaired) electrons. The van der Waals surface area contributed by atoms with Gasteiger partial charge in [0, 0.05) is 12.3 Å². The first kappa shape index (κ1) is 9.23. The molecule has 12 heavy (non-hydrogen) atoms. The van der Waals surface area contributed by atoms with Gasteiger partial charge in [-0.25, -0.2) is 0 Å². The Kier molecular flexibility index (Phi) is 3.26. The first-order valence-electron chi connectivity index (χ1n) is 4.41. The van der Waals surface area contributed by atoms with Gasteiger partial charge in [0.1, 0.15) is 6.29 Å². The molecule has 68 valence electrons. The summed E-state index contributed by atoms with van der Waals surface area (Å²) in [4.78, 5) is 21.0. The van der Waals surface area contributed by atoms with E-state index in [9.17, 15) is 9.59 Å². The number of rotatable bonds is 3. The van der Waals surface area contributed by atoms with Crippen LogP contribution in [0.1, 0.15) is 32.1 Å². The number of aldehydes is 1. The fourth-order valence-electron chi connectivity index (χ4n) is 1.89. The smallest absolute Gasteiger partial charge is 0.303 e. The van der Waals surface area contributed by atoms with Crippen molar-refractivity contribution in [2.45, 2.75) is 32.1 Å². The van der Waals surface area contributed by atoms with Gasteiger partial charge >= 0.3 is 5.97 Å². The van der Waals surface area contributed by atoms with Gasteiger partial charge in [-0.15, -0.1) is 0 Å². The van der Waals surface area contributed by atoms with E-state index in [-0.39, 0.29) is 18.3 Å². The van der Waals surface area contributed by atoms with Crippen LogP contribution >= 0.6 is 0 Å². The minimum atomic E-state index is -0.784. The number of hydrogen-bond acceptors (Lipinski definition) is 2. The molecule has 0 aromatic rings. The van der Waals surface area contributed by atoms with Crippen LogP contribution in [-0.4, -0.2) is 17.4 Å². The molecule has 0 bridgehead atoms. The predicted octanol–water partition coefficient (Wildman–Crippen LogP) is 1.47. The van der Waals surface area contributed by atoms with Gasteiger partial charge in [-0.05, 0) is 18.8 Å². The van der Waals surface area contributed by atoms with Crippen molar-refractivity contribution in [3.8, 4) is 0 Å². The summed E-state index contributed by atoms with van der Waals surface area (Å²) in [6.45, 7) is 0. The van der Waals surface area contributed by atoms with Gasteiger partial charge in [0.15, 0.2) is 0 Å². The second kappa shape index (κ2) is 4.24. The molecule has 0 saturated heterocycles. The summed E-state index contributed by atoms with van der Waals surface area (Å²) < 4.78 is 0. The fourth-order valence-corrected chi connectivity index (χ4v) is 1.89. The molecular formula is C9H14O3. The van der Waals surface area contributed by atoms with E-state index in [1.54, 1.807) is 0 Å². The third kappa shape index (κ3) is 2.32. The second-order valence-corrected chi connectivity index (χ2v) is 3.44. The lowest BCUT2D eigenvalue weighted by Gasteiger charge is -2.25. The summed E-state index contributed by atoms with van der Waals surface area (Å²) in [7, 11) is 0. The van der Waals surface area contributed by atoms with Crippen molar-refractivity contribution in [2.75, 3.05) is 0 Å². The molecule has 0 heterocycles. The largest absolute Gasteiger partial charge is 0.481 e. The normalized spacial score (nSPS) is 29.7. The van der Waals surface area contributed by atoms with Gasteiger partial charge in [0.25, 0.3) is 0 Å². The second-order valence-electron chi connectivity index (χ2n) is 3.44. The SMILES string of the molecule is O=CC1CCCCC1CC(=O)O. The lowest BCUT2D eigenvalue weighted by Crippen LogP contribution is -2.23. The lowest BCUT2D eigenvalue weighted by atomic mass is 9.78. The highest BCUT2D eigenvalue weighted by atomic mass is 16.4. The molecule has 0 amide bonds. The highest BCUT2D eigenvalue weighted by molar-refractivity contribution is 5.68. The molecule has 2 unspecified atom stereocenters. The Morgan fingerprint density at radius 1 is 1.42 bits per heavy atom. The first-order valence-corrected chi connectivity index (χ1v) is 4.41. The molecule has 1 aliphatic carbocycles. The standard InChI is InChI=1S/C9H14O3/c10-6-8-4-2-1-3-7(8)5-9(11)12/h6-8H,1-5H2,(H,11,12). The molecule has 1 N–H and O–H groups in total. The Bertz CT molecular complexity index is 177. The monoisotopic (exact) mass is 170 g/mol. The molecular weight excluding hydrogens is 156 g/mol. The average Bonchev–Trinajstić information content (AvgIpc) is 2.04. The van der Waals surface area contributed by atoms with E-state index < -0.39 is 5.97 Å². The number of carboxylic acids is 1. The van der Waals surface area contributed by atoms with E-state index in [0.29, 0.717) is 0 Å². The van der Waals surface area contributed by atoms with Crippen LogP contribution in [0.3, 0.4) is 0 Å². The summed E-state index contributed by atoms with van der Waals surface area (Å²) in [5.74, 6) is -0.697. The van der Waals surface area contributed by atoms with Crippen molar-refractivity contribution >= 4 is 12.3 Å². The topological polar surface area (TPSA) is 54.4 Å². The lowest BCUT2D eigenvalue weighted by molar-refractivity contribution is -0.139. The number of hydrogen-bond donors (Lipinski definition) is 1. The van der Waals surface area contributed by atoms with Crippen molar-refractivity contribution in [2.24, 2.45) is 11.8 Å². The molecule has 0 aromatic carbocycles. The average molecular weight is 170 g/mol. The molecule has 3 nitrogen and oxygen atoms in total. The molecule has 1 rings (SSSR count). The van der Waals surface area contributed by atoms with Gasteiger partial charge in [-0.2, -0.15) is 0 Å². The zero-order chi connectivity index (χ0) is 8.97. The maximum absolute atomic E-state index is 10.6. The molecule has 1 aliphatic rings. The van der Waals surface area contributed by atoms with Gasteiger partial charge in [-0.1, -0.05) is 12.8 Å². The van der Waals surface area contributed by atoms with Crippen LogP contribution in [0.5, 0.6) is 0 Å². The van der Waals surface area contributed by atoms with E-state index in [4.69, 9.17) is 5.11 Å². The van der Waals surface area contributed by atoms with Gasteiger partial charge in [-0.3, -0.25) is 4.79 Å². The zero-order valence-corrected chi connectivity index (χ0v) is 7.03. The Hall–Kier alpha value is -0.860. The molecule has 3 heteroatoms. The highest BCUT2D eigenvalue weighted by Gasteiger charge is 2.26. The Morgan fingerprint density at radius 2 is 2.08 bits per heavy atom. The van der Waals surface area contributed by atoms with Crippen LogP contribution in [0, 0.1) is 11.8 Å². The summed E-state index contributed by atoms with van der Waals surface area (Å²) in [5, 5.41) is 8.56. The molecule has 0 aliphatic heterocycles. The summed E-state index contributed by atoms with van der Waals surface area (Å²) in [5.41, 5.74) is 0. The van der Waals surface area contributed by atoms with Gasteiger partial charge < -0.3 is 9.90 Å². The molecule has 0 aromatic heterocycles. The predicted molar refractivity (Wildman–Crippen MR) is 43.8 cm³/mol. The number of carbonyl (C=O) groups excluding carboxylic acids is 1. The van der Waals surface area contributed by atoms with Crippen LogP contribution in [0.2, 0.25) is 0 Å². The molecule has 1 fully saturated rings. The van der Waals surface area contributed by atoms with E-state index in [1.165, 1.54) is 0 Å². The Labute approximate surface area is 71.8 Å².